The van der Waals surface area contributed by atoms with Crippen LogP contribution in [0.2, 0.25) is 0 Å². The summed E-state index contributed by atoms with van der Waals surface area (Å²) in [5.74, 6) is 0.594. The molecule has 1 saturated heterocycles. The Labute approximate surface area is 127 Å². The van der Waals surface area contributed by atoms with Crippen LogP contribution < -0.4 is 10.0 Å². The van der Waals surface area contributed by atoms with E-state index in [2.05, 4.69) is 10.0 Å². The number of hydrogen-bond acceptors (Lipinski definition) is 3. The van der Waals surface area contributed by atoms with Gasteiger partial charge in [0.1, 0.15) is 0 Å². The van der Waals surface area contributed by atoms with Crippen molar-refractivity contribution in [3.63, 3.8) is 0 Å². The predicted molar refractivity (Wildman–Crippen MR) is 85.0 cm³/mol. The highest BCUT2D eigenvalue weighted by Crippen LogP contribution is 2.12. The van der Waals surface area contributed by atoms with Crippen LogP contribution in [0.25, 0.3) is 0 Å². The topological polar surface area (TPSA) is 61.4 Å². The standard InChI is InChI=1S/C15H25N3O2S/c1-2-18(13-15-6-4-3-5-7-15)21(19,20)17-11-9-14-8-10-16-12-14/h3-7,14,16-17H,2,8-13H2,1H3. The Bertz CT molecular complexity index is 513. The van der Waals surface area contributed by atoms with E-state index in [1.54, 1.807) is 0 Å². The number of hydrogen-bond donors (Lipinski definition) is 2. The lowest BCUT2D eigenvalue weighted by atomic mass is 10.1. The van der Waals surface area contributed by atoms with Gasteiger partial charge in [0.2, 0.25) is 0 Å². The van der Waals surface area contributed by atoms with E-state index in [4.69, 9.17) is 0 Å². The third-order valence-electron chi connectivity index (χ3n) is 3.89. The smallest absolute Gasteiger partial charge is 0.279 e. The molecule has 0 saturated carbocycles. The molecule has 1 aromatic carbocycles. The molecule has 0 aromatic heterocycles. The van der Waals surface area contributed by atoms with Crippen LogP contribution in [0.3, 0.4) is 0 Å². The Kier molecular flexibility index (Phi) is 6.17. The normalized spacial score (nSPS) is 19.2. The van der Waals surface area contributed by atoms with Gasteiger partial charge in [-0.05, 0) is 37.4 Å². The van der Waals surface area contributed by atoms with Crippen molar-refractivity contribution in [1.29, 1.82) is 0 Å². The molecule has 0 bridgehead atoms. The van der Waals surface area contributed by atoms with Crippen LogP contribution in [-0.2, 0) is 16.8 Å². The Hall–Kier alpha value is -0.950. The molecule has 0 spiro atoms. The van der Waals surface area contributed by atoms with Crippen LogP contribution in [0.4, 0.5) is 0 Å². The molecule has 6 heteroatoms. The molecular weight excluding hydrogens is 286 g/mol. The minimum Gasteiger partial charge on any atom is -0.316 e. The summed E-state index contributed by atoms with van der Waals surface area (Å²) in [6.07, 6.45) is 2.04. The fourth-order valence-corrected chi connectivity index (χ4v) is 3.82. The first kappa shape index (κ1) is 16.4. The maximum atomic E-state index is 12.3. The molecule has 1 aromatic rings. The van der Waals surface area contributed by atoms with Crippen molar-refractivity contribution < 1.29 is 8.42 Å². The molecule has 1 aliphatic heterocycles. The first-order valence-electron chi connectivity index (χ1n) is 7.61. The second-order valence-corrected chi connectivity index (χ2v) is 7.21. The first-order valence-corrected chi connectivity index (χ1v) is 9.05. The molecule has 2 rings (SSSR count). The number of rotatable bonds is 8. The van der Waals surface area contributed by atoms with Crippen LogP contribution in [-0.4, -0.2) is 38.9 Å². The Morgan fingerprint density at radius 3 is 2.71 bits per heavy atom. The molecule has 21 heavy (non-hydrogen) atoms. The van der Waals surface area contributed by atoms with E-state index >= 15 is 0 Å². The number of nitrogens with zero attached hydrogens (tertiary/aromatic N) is 1. The number of benzene rings is 1. The van der Waals surface area contributed by atoms with Crippen molar-refractivity contribution >= 4 is 10.2 Å². The second-order valence-electron chi connectivity index (χ2n) is 5.46. The number of nitrogens with one attached hydrogen (secondary N) is 2. The van der Waals surface area contributed by atoms with E-state index in [-0.39, 0.29) is 0 Å². The van der Waals surface area contributed by atoms with Crippen LogP contribution in [0.15, 0.2) is 30.3 Å². The molecule has 1 aliphatic rings. The minimum absolute atomic E-state index is 0.414. The summed E-state index contributed by atoms with van der Waals surface area (Å²) in [4.78, 5) is 0. The molecule has 0 aliphatic carbocycles. The maximum Gasteiger partial charge on any atom is 0.279 e. The van der Waals surface area contributed by atoms with Gasteiger partial charge in [-0.1, -0.05) is 37.3 Å². The lowest BCUT2D eigenvalue weighted by molar-refractivity contribution is 0.410. The maximum absolute atomic E-state index is 12.3. The van der Waals surface area contributed by atoms with Gasteiger partial charge in [-0.25, -0.2) is 4.72 Å². The van der Waals surface area contributed by atoms with Crippen LogP contribution in [0, 0.1) is 5.92 Å². The minimum atomic E-state index is -3.40. The third kappa shape index (κ3) is 5.07. The predicted octanol–water partition coefficient (Wildman–Crippen LogP) is 1.34. The van der Waals surface area contributed by atoms with E-state index in [0.29, 0.717) is 25.6 Å². The Balaban J connectivity index is 1.86. The molecule has 0 amide bonds. The van der Waals surface area contributed by atoms with Crippen LogP contribution in [0.1, 0.15) is 25.3 Å². The van der Waals surface area contributed by atoms with Gasteiger partial charge in [0.15, 0.2) is 0 Å². The van der Waals surface area contributed by atoms with E-state index in [1.165, 1.54) is 4.31 Å². The van der Waals surface area contributed by atoms with Crippen molar-refractivity contribution in [3.8, 4) is 0 Å². The first-order chi connectivity index (χ1) is 10.1. The summed E-state index contributed by atoms with van der Waals surface area (Å²) < 4.78 is 28.9. The van der Waals surface area contributed by atoms with Gasteiger partial charge in [0.05, 0.1) is 0 Å². The highest BCUT2D eigenvalue weighted by atomic mass is 32.2. The Morgan fingerprint density at radius 1 is 1.33 bits per heavy atom. The largest absolute Gasteiger partial charge is 0.316 e. The summed E-state index contributed by atoms with van der Waals surface area (Å²) in [7, 11) is -3.40. The van der Waals surface area contributed by atoms with E-state index < -0.39 is 10.2 Å². The average Bonchev–Trinajstić information content (AvgIpc) is 2.98. The molecule has 1 heterocycles. The molecule has 0 radical (unpaired) electrons. The van der Waals surface area contributed by atoms with Gasteiger partial charge in [0.25, 0.3) is 10.2 Å². The molecule has 1 atom stereocenters. The quantitative estimate of drug-likeness (QED) is 0.762. The fraction of sp³-hybridized carbons (Fsp3) is 0.600. The zero-order valence-electron chi connectivity index (χ0n) is 12.6. The summed E-state index contributed by atoms with van der Waals surface area (Å²) in [6, 6.07) is 9.68. The van der Waals surface area contributed by atoms with Crippen LogP contribution in [0.5, 0.6) is 0 Å². The molecule has 1 unspecified atom stereocenters. The summed E-state index contributed by atoms with van der Waals surface area (Å²) in [6.45, 7) is 5.31. The molecule has 1 fully saturated rings. The van der Waals surface area contributed by atoms with Gasteiger partial charge >= 0.3 is 0 Å². The van der Waals surface area contributed by atoms with E-state index in [0.717, 1.165) is 31.5 Å². The van der Waals surface area contributed by atoms with Crippen LogP contribution >= 0.6 is 0 Å². The Morgan fingerprint density at radius 2 is 2.10 bits per heavy atom. The van der Waals surface area contributed by atoms with Gasteiger partial charge < -0.3 is 5.32 Å². The van der Waals surface area contributed by atoms with Crippen molar-refractivity contribution in [2.24, 2.45) is 5.92 Å². The highest BCUT2D eigenvalue weighted by Gasteiger charge is 2.21. The van der Waals surface area contributed by atoms with Gasteiger partial charge in [0, 0.05) is 19.6 Å². The lowest BCUT2D eigenvalue weighted by Crippen LogP contribution is -2.41. The monoisotopic (exact) mass is 311 g/mol. The van der Waals surface area contributed by atoms with Gasteiger partial charge in [-0.15, -0.1) is 0 Å². The van der Waals surface area contributed by atoms with E-state index in [1.807, 2.05) is 37.3 Å². The van der Waals surface area contributed by atoms with Gasteiger partial charge in [-0.3, -0.25) is 0 Å². The molecule has 2 N–H and O–H groups in total. The molecular formula is C15H25N3O2S. The van der Waals surface area contributed by atoms with Gasteiger partial charge in [-0.2, -0.15) is 12.7 Å². The molecule has 5 nitrogen and oxygen atoms in total. The third-order valence-corrected chi connectivity index (χ3v) is 5.53. The molecule has 118 valence electrons. The fourth-order valence-electron chi connectivity index (χ4n) is 2.60. The SMILES string of the molecule is CCN(Cc1ccccc1)S(=O)(=O)NCCC1CCNC1. The van der Waals surface area contributed by atoms with E-state index in [9.17, 15) is 8.42 Å². The zero-order valence-corrected chi connectivity index (χ0v) is 13.4. The second kappa shape index (κ2) is 7.89. The summed E-state index contributed by atoms with van der Waals surface area (Å²) >= 11 is 0. The summed E-state index contributed by atoms with van der Waals surface area (Å²) in [5, 5.41) is 3.30. The van der Waals surface area contributed by atoms with Crippen molar-refractivity contribution in [2.45, 2.75) is 26.3 Å². The average molecular weight is 311 g/mol. The van der Waals surface area contributed by atoms with Crippen molar-refractivity contribution in [2.75, 3.05) is 26.2 Å². The zero-order chi connectivity index (χ0) is 15.1. The van der Waals surface area contributed by atoms with Crippen molar-refractivity contribution in [1.82, 2.24) is 14.3 Å². The lowest BCUT2D eigenvalue weighted by Gasteiger charge is -2.21. The summed E-state index contributed by atoms with van der Waals surface area (Å²) in [5.41, 5.74) is 1.00. The highest BCUT2D eigenvalue weighted by molar-refractivity contribution is 7.87. The van der Waals surface area contributed by atoms with Crippen molar-refractivity contribution in [3.05, 3.63) is 35.9 Å².